The summed E-state index contributed by atoms with van der Waals surface area (Å²) >= 11 is 0. The van der Waals surface area contributed by atoms with Crippen molar-refractivity contribution in [3.8, 4) is 28.2 Å². The molecular formula is C52H30N4. The second-order valence-corrected chi connectivity index (χ2v) is 14.9. The molecule has 0 unspecified atom stereocenters. The average molecular weight is 711 g/mol. The molecule has 0 radical (unpaired) electrons. The third-order valence-electron chi connectivity index (χ3n) is 12.0. The highest BCUT2D eigenvalue weighted by Gasteiger charge is 2.25. The van der Waals surface area contributed by atoms with Gasteiger partial charge in [0.15, 0.2) is 0 Å². The first-order valence-corrected chi connectivity index (χ1v) is 19.2. The Morgan fingerprint density at radius 3 is 1.73 bits per heavy atom. The molecule has 0 saturated carbocycles. The zero-order chi connectivity index (χ0) is 36.5. The van der Waals surface area contributed by atoms with Crippen molar-refractivity contribution in [1.29, 1.82) is 0 Å². The Morgan fingerprint density at radius 2 is 0.946 bits per heavy atom. The first kappa shape index (κ1) is 29.8. The van der Waals surface area contributed by atoms with E-state index in [1.807, 2.05) is 12.1 Å². The van der Waals surface area contributed by atoms with Crippen LogP contribution in [-0.2, 0) is 0 Å². The smallest absolute Gasteiger partial charge is 0.0979 e. The van der Waals surface area contributed by atoms with Gasteiger partial charge in [-0.15, -0.1) is 0 Å². The second-order valence-electron chi connectivity index (χ2n) is 14.9. The van der Waals surface area contributed by atoms with Crippen molar-refractivity contribution in [1.82, 2.24) is 18.9 Å². The molecule has 4 aromatic heterocycles. The fraction of sp³-hybridized carbons (Fsp3) is 0. The standard InChI is InChI=1S/C52H30N4/c1-3-15-35-31(12-1)14-11-19-38(35)49-48(53-43-20-7-8-21-44(43)54-49)33-24-27-34(28-25-33)55-50-36-16-4-2-13-32(36)26-29-39(50)42-30-41-37-17-5-9-22-45(37)56-46-23-10-6-18-40(46)47(51(42)55)52(41)56/h1-30H. The number of rotatable bonds is 3. The number of fused-ring (bicyclic) bond motifs is 14. The van der Waals surface area contributed by atoms with Crippen LogP contribution in [0.25, 0.3) is 121 Å². The Labute approximate surface area is 320 Å². The lowest BCUT2D eigenvalue weighted by molar-refractivity contribution is 1.19. The van der Waals surface area contributed by atoms with Crippen molar-refractivity contribution in [2.45, 2.75) is 0 Å². The molecule has 13 rings (SSSR count). The molecule has 4 heteroatoms. The summed E-state index contributed by atoms with van der Waals surface area (Å²) in [5.41, 5.74) is 12.9. The van der Waals surface area contributed by atoms with E-state index in [0.717, 1.165) is 44.6 Å². The minimum absolute atomic E-state index is 0.873. The highest BCUT2D eigenvalue weighted by atomic mass is 15.0. The molecule has 4 nitrogen and oxygen atoms in total. The van der Waals surface area contributed by atoms with E-state index in [4.69, 9.17) is 9.97 Å². The molecule has 0 aliphatic rings. The first-order chi connectivity index (χ1) is 27.8. The zero-order valence-electron chi connectivity index (χ0n) is 30.1. The van der Waals surface area contributed by atoms with Crippen molar-refractivity contribution < 1.29 is 0 Å². The van der Waals surface area contributed by atoms with E-state index in [-0.39, 0.29) is 0 Å². The molecule has 0 spiro atoms. The third kappa shape index (κ3) is 3.92. The fourth-order valence-electron chi connectivity index (χ4n) is 9.61. The Kier molecular flexibility index (Phi) is 5.86. The van der Waals surface area contributed by atoms with Crippen molar-refractivity contribution in [3.05, 3.63) is 182 Å². The van der Waals surface area contributed by atoms with Crippen LogP contribution in [0.2, 0.25) is 0 Å². The van der Waals surface area contributed by atoms with E-state index < -0.39 is 0 Å². The number of hydrogen-bond donors (Lipinski definition) is 0. The summed E-state index contributed by atoms with van der Waals surface area (Å²) in [6, 6.07) is 65.7. The minimum atomic E-state index is 0.873. The van der Waals surface area contributed by atoms with Crippen LogP contribution in [0.3, 0.4) is 0 Å². The van der Waals surface area contributed by atoms with Gasteiger partial charge in [-0.1, -0.05) is 140 Å². The molecule has 0 bridgehead atoms. The van der Waals surface area contributed by atoms with E-state index in [0.29, 0.717) is 0 Å². The van der Waals surface area contributed by atoms with Crippen molar-refractivity contribution in [2.75, 3.05) is 0 Å². The molecule has 9 aromatic carbocycles. The zero-order valence-corrected chi connectivity index (χ0v) is 30.1. The van der Waals surface area contributed by atoms with E-state index in [1.165, 1.54) is 76.1 Å². The van der Waals surface area contributed by atoms with Gasteiger partial charge in [0.25, 0.3) is 0 Å². The molecule has 0 aliphatic carbocycles. The quantitative estimate of drug-likeness (QED) is 0.183. The highest BCUT2D eigenvalue weighted by Crippen LogP contribution is 2.47. The van der Waals surface area contributed by atoms with Gasteiger partial charge in [-0.05, 0) is 58.6 Å². The Morgan fingerprint density at radius 1 is 0.357 bits per heavy atom. The third-order valence-corrected chi connectivity index (χ3v) is 12.0. The van der Waals surface area contributed by atoms with Crippen LogP contribution in [0, 0.1) is 0 Å². The Balaban J connectivity index is 1.13. The topological polar surface area (TPSA) is 35.1 Å². The summed E-state index contributed by atoms with van der Waals surface area (Å²) in [6.45, 7) is 0. The summed E-state index contributed by atoms with van der Waals surface area (Å²) < 4.78 is 5.00. The van der Waals surface area contributed by atoms with Gasteiger partial charge in [0.1, 0.15) is 0 Å². The predicted molar refractivity (Wildman–Crippen MR) is 234 cm³/mol. The normalized spacial score (nSPS) is 12.3. The van der Waals surface area contributed by atoms with Crippen LogP contribution in [-0.4, -0.2) is 18.9 Å². The van der Waals surface area contributed by atoms with Gasteiger partial charge in [0.2, 0.25) is 0 Å². The summed E-state index contributed by atoms with van der Waals surface area (Å²) in [5, 5.41) is 12.4. The summed E-state index contributed by atoms with van der Waals surface area (Å²) in [5.74, 6) is 0. The number of para-hydroxylation sites is 4. The van der Waals surface area contributed by atoms with Gasteiger partial charge in [0, 0.05) is 54.5 Å². The lowest BCUT2D eigenvalue weighted by Crippen LogP contribution is -1.98. The molecule has 0 saturated heterocycles. The van der Waals surface area contributed by atoms with Crippen molar-refractivity contribution in [3.63, 3.8) is 0 Å². The molecule has 4 heterocycles. The molecule has 0 aliphatic heterocycles. The van der Waals surface area contributed by atoms with E-state index in [1.54, 1.807) is 0 Å². The van der Waals surface area contributed by atoms with E-state index >= 15 is 0 Å². The monoisotopic (exact) mass is 710 g/mol. The van der Waals surface area contributed by atoms with Gasteiger partial charge < -0.3 is 8.97 Å². The number of nitrogens with zero attached hydrogens (tertiary/aromatic N) is 4. The Bertz CT molecular complexity index is 3750. The largest absolute Gasteiger partial charge is 0.308 e. The SMILES string of the molecule is c1ccc2c(-c3nc4ccccc4nc3-c3ccc(-n4c5c6ccccc6ccc5c5cc6c7ccccc7n7c8ccccc8c(c54)c67)cc3)cccc2c1. The molecule has 0 fully saturated rings. The molecule has 258 valence electrons. The number of aromatic nitrogens is 4. The molecule has 13 aromatic rings. The molecule has 0 N–H and O–H groups in total. The molecular weight excluding hydrogens is 681 g/mol. The maximum absolute atomic E-state index is 5.30. The lowest BCUT2D eigenvalue weighted by atomic mass is 9.98. The maximum atomic E-state index is 5.30. The van der Waals surface area contributed by atoms with Gasteiger partial charge in [-0.2, -0.15) is 0 Å². The van der Waals surface area contributed by atoms with E-state index in [9.17, 15) is 0 Å². The summed E-state index contributed by atoms with van der Waals surface area (Å²) in [6.07, 6.45) is 0. The van der Waals surface area contributed by atoms with Gasteiger partial charge in [-0.25, -0.2) is 9.97 Å². The highest BCUT2D eigenvalue weighted by molar-refractivity contribution is 6.35. The molecule has 0 atom stereocenters. The van der Waals surface area contributed by atoms with Gasteiger partial charge in [-0.3, -0.25) is 0 Å². The minimum Gasteiger partial charge on any atom is -0.308 e. The lowest BCUT2D eigenvalue weighted by Gasteiger charge is -2.14. The average Bonchev–Trinajstić information content (AvgIpc) is 3.91. The van der Waals surface area contributed by atoms with Crippen molar-refractivity contribution in [2.24, 2.45) is 0 Å². The van der Waals surface area contributed by atoms with Crippen molar-refractivity contribution >= 4 is 92.5 Å². The maximum Gasteiger partial charge on any atom is 0.0979 e. The van der Waals surface area contributed by atoms with Crippen LogP contribution in [0.4, 0.5) is 0 Å². The fourth-order valence-corrected chi connectivity index (χ4v) is 9.61. The summed E-state index contributed by atoms with van der Waals surface area (Å²) in [7, 11) is 0. The first-order valence-electron chi connectivity index (χ1n) is 19.2. The molecule has 0 amide bonds. The van der Waals surface area contributed by atoms with Crippen LogP contribution in [0.5, 0.6) is 0 Å². The summed E-state index contributed by atoms with van der Waals surface area (Å²) in [4.78, 5) is 10.6. The van der Waals surface area contributed by atoms with E-state index in [2.05, 4.69) is 179 Å². The van der Waals surface area contributed by atoms with Crippen LogP contribution in [0.1, 0.15) is 0 Å². The predicted octanol–water partition coefficient (Wildman–Crippen LogP) is 13.5. The number of hydrogen-bond acceptors (Lipinski definition) is 2. The number of benzene rings is 9. The van der Waals surface area contributed by atoms with Crippen LogP contribution in [0.15, 0.2) is 182 Å². The van der Waals surface area contributed by atoms with Gasteiger partial charge >= 0.3 is 0 Å². The van der Waals surface area contributed by atoms with Crippen LogP contribution >= 0.6 is 0 Å². The van der Waals surface area contributed by atoms with Crippen LogP contribution < -0.4 is 0 Å². The molecule has 56 heavy (non-hydrogen) atoms. The second kappa shape index (κ2) is 11.0. The van der Waals surface area contributed by atoms with Gasteiger partial charge in [0.05, 0.1) is 50.0 Å². The Hall–Kier alpha value is -7.56.